The molecule has 17 heavy (non-hydrogen) atoms. The summed E-state index contributed by atoms with van der Waals surface area (Å²) in [6.45, 7) is 0.218. The number of carbonyl (C=O) groups is 1. The summed E-state index contributed by atoms with van der Waals surface area (Å²) >= 11 is 0. The monoisotopic (exact) mass is 249 g/mol. The third-order valence-corrected chi connectivity index (χ3v) is 2.12. The number of nitrogens with zero attached hydrogens (tertiary/aromatic N) is 1. The Bertz CT molecular complexity index is 428. The molecule has 0 radical (unpaired) electrons. The molecule has 1 aromatic carbocycles. The number of halogens is 4. The molecule has 6 heteroatoms. The number of hydrogen-bond donors (Lipinski definition) is 0. The summed E-state index contributed by atoms with van der Waals surface area (Å²) in [4.78, 5) is 12.0. The molecule has 0 aliphatic rings. The van der Waals surface area contributed by atoms with Gasteiger partial charge in [-0.3, -0.25) is 4.79 Å². The molecule has 1 rings (SSSR count). The normalized spacial score (nSPS) is 11.4. The Morgan fingerprint density at radius 2 is 1.94 bits per heavy atom. The third kappa shape index (κ3) is 3.72. The molecule has 0 heterocycles. The molecule has 0 atom stereocenters. The van der Waals surface area contributed by atoms with Crippen LogP contribution >= 0.6 is 0 Å². The minimum absolute atomic E-state index is 0.359. The molecule has 0 spiro atoms. The smallest absolute Gasteiger partial charge is 0.333 e. The van der Waals surface area contributed by atoms with Crippen LogP contribution in [0.15, 0.2) is 18.2 Å². The van der Waals surface area contributed by atoms with Crippen LogP contribution in [0.3, 0.4) is 0 Å². The van der Waals surface area contributed by atoms with E-state index in [9.17, 15) is 22.4 Å². The van der Waals surface area contributed by atoms with Gasteiger partial charge in [-0.15, -0.1) is 0 Å². The maximum absolute atomic E-state index is 13.4. The van der Waals surface area contributed by atoms with E-state index in [-0.39, 0.29) is 5.56 Å². The van der Waals surface area contributed by atoms with Gasteiger partial charge in [0.1, 0.15) is 12.4 Å². The van der Waals surface area contributed by atoms with E-state index in [1.54, 1.807) is 6.92 Å². The average Bonchev–Trinajstić information content (AvgIpc) is 2.14. The second-order valence-electron chi connectivity index (χ2n) is 3.76. The molecule has 0 fully saturated rings. The zero-order valence-electron chi connectivity index (χ0n) is 9.31. The minimum atomic E-state index is -4.49. The summed E-state index contributed by atoms with van der Waals surface area (Å²) in [7, 11) is 0.981. The highest BCUT2D eigenvalue weighted by molar-refractivity contribution is 5.94. The van der Waals surface area contributed by atoms with Crippen molar-refractivity contribution >= 4 is 5.91 Å². The Labute approximate surface area is 95.8 Å². The van der Waals surface area contributed by atoms with Crippen molar-refractivity contribution in [1.29, 1.82) is 0 Å². The minimum Gasteiger partial charge on any atom is -0.333 e. The van der Waals surface area contributed by atoms with Crippen LogP contribution in [-0.4, -0.2) is 30.6 Å². The second kappa shape index (κ2) is 4.73. The third-order valence-electron chi connectivity index (χ3n) is 2.12. The van der Waals surface area contributed by atoms with Crippen LogP contribution in [0.2, 0.25) is 0 Å². The van der Waals surface area contributed by atoms with E-state index >= 15 is 0 Å². The predicted octanol–water partition coefficient (Wildman–Crippen LogP) is 2.77. The number of amides is 1. The first-order chi connectivity index (χ1) is 7.70. The first-order valence-corrected chi connectivity index (χ1v) is 4.79. The van der Waals surface area contributed by atoms with Gasteiger partial charge in [0.15, 0.2) is 0 Å². The molecule has 0 unspecified atom stereocenters. The highest BCUT2D eigenvalue weighted by Crippen LogP contribution is 2.18. The molecule has 94 valence electrons. The fourth-order valence-electron chi connectivity index (χ4n) is 1.34. The van der Waals surface area contributed by atoms with Gasteiger partial charge >= 0.3 is 6.18 Å². The van der Waals surface area contributed by atoms with Crippen LogP contribution in [-0.2, 0) is 0 Å². The molecule has 0 aliphatic heterocycles. The molecule has 2 nitrogen and oxygen atoms in total. The van der Waals surface area contributed by atoms with Crippen molar-refractivity contribution in [3.63, 3.8) is 0 Å². The van der Waals surface area contributed by atoms with E-state index < -0.39 is 24.4 Å². The van der Waals surface area contributed by atoms with Crippen molar-refractivity contribution in [1.82, 2.24) is 4.90 Å². The number of hydrogen-bond acceptors (Lipinski definition) is 1. The van der Waals surface area contributed by atoms with Crippen molar-refractivity contribution in [2.75, 3.05) is 13.6 Å². The first-order valence-electron chi connectivity index (χ1n) is 4.79. The molecule has 0 saturated carbocycles. The van der Waals surface area contributed by atoms with Crippen LogP contribution < -0.4 is 0 Å². The zero-order valence-corrected chi connectivity index (χ0v) is 9.31. The summed E-state index contributed by atoms with van der Waals surface area (Å²) in [6.07, 6.45) is -4.49. The molecule has 0 saturated heterocycles. The Morgan fingerprint density at radius 1 is 1.35 bits per heavy atom. The lowest BCUT2D eigenvalue weighted by atomic mass is 10.1. The number of benzene rings is 1. The maximum atomic E-state index is 13.4. The summed E-state index contributed by atoms with van der Waals surface area (Å²) in [5.41, 5.74) is 0.236. The lowest BCUT2D eigenvalue weighted by molar-refractivity contribution is -0.138. The molecule has 0 aliphatic carbocycles. The Hall–Kier alpha value is -1.59. The molecule has 0 aromatic heterocycles. The first kappa shape index (κ1) is 13.5. The molecule has 1 aromatic rings. The van der Waals surface area contributed by atoms with Crippen molar-refractivity contribution in [3.8, 4) is 0 Å². The summed E-state index contributed by atoms with van der Waals surface area (Å²) in [6, 6.07) is 3.76. The van der Waals surface area contributed by atoms with Gasteiger partial charge in [0.05, 0.1) is 5.56 Å². The SMILES string of the molecule is Cc1ccc(C(=O)N(C)CC(F)(F)F)c(F)c1. The van der Waals surface area contributed by atoms with Crippen LogP contribution in [0.5, 0.6) is 0 Å². The molecule has 0 bridgehead atoms. The zero-order chi connectivity index (χ0) is 13.2. The lowest BCUT2D eigenvalue weighted by Gasteiger charge is -2.19. The van der Waals surface area contributed by atoms with Gasteiger partial charge in [0.25, 0.3) is 5.91 Å². The van der Waals surface area contributed by atoms with Gasteiger partial charge in [-0.25, -0.2) is 4.39 Å². The Kier molecular flexibility index (Phi) is 3.75. The van der Waals surface area contributed by atoms with Gasteiger partial charge in [0, 0.05) is 7.05 Å². The highest BCUT2D eigenvalue weighted by atomic mass is 19.4. The summed E-state index contributed by atoms with van der Waals surface area (Å²) < 4.78 is 49.5. The van der Waals surface area contributed by atoms with E-state index in [0.29, 0.717) is 10.5 Å². The van der Waals surface area contributed by atoms with E-state index in [4.69, 9.17) is 0 Å². The van der Waals surface area contributed by atoms with Crippen LogP contribution in [0.4, 0.5) is 17.6 Å². The summed E-state index contributed by atoms with van der Waals surface area (Å²) in [5.74, 6) is -1.80. The number of rotatable bonds is 2. The fourth-order valence-corrected chi connectivity index (χ4v) is 1.34. The lowest BCUT2D eigenvalue weighted by Crippen LogP contribution is -2.36. The van der Waals surface area contributed by atoms with Gasteiger partial charge in [-0.2, -0.15) is 13.2 Å². The van der Waals surface area contributed by atoms with E-state index in [0.717, 1.165) is 13.1 Å². The van der Waals surface area contributed by atoms with E-state index in [1.165, 1.54) is 12.1 Å². The molecular weight excluding hydrogens is 238 g/mol. The quantitative estimate of drug-likeness (QED) is 0.738. The average molecular weight is 249 g/mol. The van der Waals surface area contributed by atoms with Gasteiger partial charge in [0.2, 0.25) is 0 Å². The molecule has 0 N–H and O–H groups in total. The van der Waals surface area contributed by atoms with Gasteiger partial charge in [-0.05, 0) is 24.6 Å². The largest absolute Gasteiger partial charge is 0.406 e. The van der Waals surface area contributed by atoms with Crippen LogP contribution in [0.25, 0.3) is 0 Å². The van der Waals surface area contributed by atoms with Crippen molar-refractivity contribution in [2.45, 2.75) is 13.1 Å². The Morgan fingerprint density at radius 3 is 2.41 bits per heavy atom. The van der Waals surface area contributed by atoms with Gasteiger partial charge < -0.3 is 4.90 Å². The van der Waals surface area contributed by atoms with Crippen molar-refractivity contribution < 1.29 is 22.4 Å². The van der Waals surface area contributed by atoms with Gasteiger partial charge in [-0.1, -0.05) is 6.07 Å². The predicted molar refractivity (Wildman–Crippen MR) is 54.2 cm³/mol. The van der Waals surface area contributed by atoms with Crippen LogP contribution in [0.1, 0.15) is 15.9 Å². The number of aryl methyl sites for hydroxylation is 1. The van der Waals surface area contributed by atoms with E-state index in [2.05, 4.69) is 0 Å². The number of carbonyl (C=O) groups excluding carboxylic acids is 1. The molecular formula is C11H11F4NO. The van der Waals surface area contributed by atoms with Crippen molar-refractivity contribution in [2.24, 2.45) is 0 Å². The standard InChI is InChI=1S/C11H11F4NO/c1-7-3-4-8(9(12)5-7)10(17)16(2)6-11(13,14)15/h3-5H,6H2,1-2H3. The summed E-state index contributed by atoms with van der Waals surface area (Å²) in [5, 5.41) is 0. The maximum Gasteiger partial charge on any atom is 0.406 e. The number of alkyl halides is 3. The van der Waals surface area contributed by atoms with Crippen molar-refractivity contribution in [3.05, 3.63) is 35.1 Å². The second-order valence-corrected chi connectivity index (χ2v) is 3.76. The highest BCUT2D eigenvalue weighted by Gasteiger charge is 2.32. The molecule has 1 amide bonds. The van der Waals surface area contributed by atoms with Crippen LogP contribution in [0, 0.1) is 12.7 Å². The van der Waals surface area contributed by atoms with E-state index in [1.807, 2.05) is 0 Å². The Balaban J connectivity index is 2.89. The topological polar surface area (TPSA) is 20.3 Å². The fraction of sp³-hybridized carbons (Fsp3) is 0.364.